The van der Waals surface area contributed by atoms with Crippen LogP contribution in [0, 0.1) is 0 Å². The first-order valence-corrected chi connectivity index (χ1v) is 10.9. The molecular weight excluding hydrogens is 398 g/mol. The molecule has 0 aliphatic carbocycles. The monoisotopic (exact) mass is 423 g/mol. The van der Waals surface area contributed by atoms with Crippen LogP contribution in [-0.4, -0.2) is 27.5 Å². The summed E-state index contributed by atoms with van der Waals surface area (Å²) >= 11 is 1.69. The average molecular weight is 424 g/mol. The Morgan fingerprint density at radius 3 is 2.33 bits per heavy atom. The molecular formula is C23H25N3O3S. The van der Waals surface area contributed by atoms with Gasteiger partial charge in [0, 0.05) is 12.6 Å². The third-order valence-corrected chi connectivity index (χ3v) is 6.57. The van der Waals surface area contributed by atoms with Gasteiger partial charge in [0.1, 0.15) is 5.82 Å². The van der Waals surface area contributed by atoms with Gasteiger partial charge in [-0.05, 0) is 17.2 Å². The van der Waals surface area contributed by atoms with Gasteiger partial charge in [0.25, 0.3) is 0 Å². The largest absolute Gasteiger partial charge is 0.383 e. The van der Waals surface area contributed by atoms with Crippen molar-refractivity contribution in [3.8, 4) is 0 Å². The molecule has 156 valence electrons. The molecule has 1 saturated heterocycles. The fourth-order valence-electron chi connectivity index (χ4n) is 3.49. The smallest absolute Gasteiger partial charge is 0.350 e. The second-order valence-corrected chi connectivity index (χ2v) is 8.66. The zero-order valence-corrected chi connectivity index (χ0v) is 17.4. The lowest BCUT2D eigenvalue weighted by atomic mass is 10.1. The van der Waals surface area contributed by atoms with E-state index in [2.05, 4.69) is 17.1 Å². The molecule has 6 nitrogen and oxygen atoms in total. The Labute approximate surface area is 180 Å². The Morgan fingerprint density at radius 1 is 1.00 bits per heavy atom. The van der Waals surface area contributed by atoms with Gasteiger partial charge in [0.2, 0.25) is 0 Å². The number of hydrogen-bond donors (Lipinski definition) is 1. The maximum atomic E-state index is 12.3. The number of nitrogen functional groups attached to an aromatic ring is 1. The van der Waals surface area contributed by atoms with Crippen LogP contribution < -0.4 is 11.4 Å². The second-order valence-electron chi connectivity index (χ2n) is 7.24. The van der Waals surface area contributed by atoms with Crippen molar-refractivity contribution in [3.05, 3.63) is 94.5 Å². The Balaban J connectivity index is 1.43. The molecule has 7 heteroatoms. The van der Waals surface area contributed by atoms with Gasteiger partial charge < -0.3 is 15.2 Å². The molecule has 0 saturated carbocycles. The number of nitrogens with two attached hydrogens (primary N) is 1. The van der Waals surface area contributed by atoms with Crippen LogP contribution in [0.1, 0.15) is 22.9 Å². The molecule has 0 amide bonds. The number of hydrogen-bond acceptors (Lipinski definition) is 6. The molecule has 3 aromatic rings. The molecule has 3 atom stereocenters. The van der Waals surface area contributed by atoms with E-state index in [4.69, 9.17) is 15.2 Å². The number of benzene rings is 2. The van der Waals surface area contributed by atoms with Crippen molar-refractivity contribution < 1.29 is 9.47 Å². The van der Waals surface area contributed by atoms with E-state index in [1.165, 1.54) is 0 Å². The lowest BCUT2D eigenvalue weighted by Crippen LogP contribution is -2.27. The molecule has 2 aromatic carbocycles. The molecule has 0 spiro atoms. The molecule has 30 heavy (non-hydrogen) atoms. The SMILES string of the molecule is Nc1ccn([C@H]2C[C@H](OCc3ccccc3)[C@H](COCc3ccccc3)S2)c(=O)n1. The molecule has 0 bridgehead atoms. The lowest BCUT2D eigenvalue weighted by molar-refractivity contribution is 0.0135. The van der Waals surface area contributed by atoms with Crippen molar-refractivity contribution >= 4 is 17.6 Å². The van der Waals surface area contributed by atoms with Crippen LogP contribution in [0.2, 0.25) is 0 Å². The Bertz CT molecular complexity index is 997. The van der Waals surface area contributed by atoms with E-state index in [1.54, 1.807) is 28.6 Å². The van der Waals surface area contributed by atoms with Crippen LogP contribution in [0.15, 0.2) is 77.7 Å². The van der Waals surface area contributed by atoms with Crippen molar-refractivity contribution in [3.63, 3.8) is 0 Å². The molecule has 4 rings (SSSR count). The number of nitrogens with zero attached hydrogens (tertiary/aromatic N) is 2. The Kier molecular flexibility index (Phi) is 6.84. The number of aromatic nitrogens is 2. The van der Waals surface area contributed by atoms with Crippen molar-refractivity contribution in [2.24, 2.45) is 0 Å². The predicted molar refractivity (Wildman–Crippen MR) is 119 cm³/mol. The molecule has 1 fully saturated rings. The summed E-state index contributed by atoms with van der Waals surface area (Å²) in [4.78, 5) is 16.2. The molecule has 1 aromatic heterocycles. The molecule has 1 aliphatic rings. The minimum atomic E-state index is -0.333. The van der Waals surface area contributed by atoms with Crippen LogP contribution in [0.4, 0.5) is 5.82 Å². The van der Waals surface area contributed by atoms with E-state index in [-0.39, 0.29) is 28.2 Å². The summed E-state index contributed by atoms with van der Waals surface area (Å²) in [5.41, 5.74) is 7.57. The number of thioether (sulfide) groups is 1. The van der Waals surface area contributed by atoms with Gasteiger partial charge in [0.15, 0.2) is 0 Å². The number of ether oxygens (including phenoxy) is 2. The highest BCUT2D eigenvalue weighted by atomic mass is 32.2. The van der Waals surface area contributed by atoms with Gasteiger partial charge in [-0.2, -0.15) is 4.98 Å². The number of rotatable bonds is 8. The van der Waals surface area contributed by atoms with E-state index in [0.717, 1.165) is 11.1 Å². The third-order valence-electron chi connectivity index (χ3n) is 5.04. The van der Waals surface area contributed by atoms with Gasteiger partial charge in [-0.15, -0.1) is 11.8 Å². The van der Waals surface area contributed by atoms with Gasteiger partial charge in [-0.3, -0.25) is 4.57 Å². The Hall–Kier alpha value is -2.61. The summed E-state index contributed by atoms with van der Waals surface area (Å²) in [6.07, 6.45) is 2.40. The van der Waals surface area contributed by atoms with Crippen LogP contribution in [0.5, 0.6) is 0 Å². The zero-order chi connectivity index (χ0) is 20.8. The van der Waals surface area contributed by atoms with Crippen LogP contribution in [0.25, 0.3) is 0 Å². The molecule has 2 N–H and O–H groups in total. The number of anilines is 1. The summed E-state index contributed by atoms with van der Waals surface area (Å²) in [5.74, 6) is 0.235. The molecule has 0 radical (unpaired) electrons. The van der Waals surface area contributed by atoms with Crippen LogP contribution in [0.3, 0.4) is 0 Å². The summed E-state index contributed by atoms with van der Waals surface area (Å²) in [7, 11) is 0. The van der Waals surface area contributed by atoms with E-state index < -0.39 is 0 Å². The standard InChI is InChI=1S/C23H25N3O3S/c24-21-11-12-26(23(27)25-21)22-13-19(29-15-18-9-5-2-6-10-18)20(30-22)16-28-14-17-7-3-1-4-8-17/h1-12,19-20,22H,13-16H2,(H2,24,25,27)/t19-,20-,22+/m0/s1. The van der Waals surface area contributed by atoms with Gasteiger partial charge in [-0.25, -0.2) is 4.79 Å². The highest BCUT2D eigenvalue weighted by Crippen LogP contribution is 2.42. The maximum absolute atomic E-state index is 12.3. The first-order chi connectivity index (χ1) is 14.7. The van der Waals surface area contributed by atoms with Crippen molar-refractivity contribution in [2.45, 2.75) is 36.4 Å². The summed E-state index contributed by atoms with van der Waals surface area (Å²) in [6, 6.07) is 21.9. The van der Waals surface area contributed by atoms with E-state index in [9.17, 15) is 4.79 Å². The maximum Gasteiger partial charge on any atom is 0.350 e. The minimum absolute atomic E-state index is 0.0274. The topological polar surface area (TPSA) is 79.4 Å². The molecule has 2 heterocycles. The normalized spacial score (nSPS) is 21.0. The van der Waals surface area contributed by atoms with E-state index in [0.29, 0.717) is 26.2 Å². The minimum Gasteiger partial charge on any atom is -0.383 e. The van der Waals surface area contributed by atoms with Crippen LogP contribution in [-0.2, 0) is 22.7 Å². The molecule has 0 unspecified atom stereocenters. The lowest BCUT2D eigenvalue weighted by Gasteiger charge is -2.19. The summed E-state index contributed by atoms with van der Waals surface area (Å²) in [5, 5.41) is 0.0589. The van der Waals surface area contributed by atoms with Gasteiger partial charge in [0.05, 0.1) is 36.5 Å². The van der Waals surface area contributed by atoms with Gasteiger partial charge in [-0.1, -0.05) is 60.7 Å². The average Bonchev–Trinajstić information content (AvgIpc) is 3.16. The van der Waals surface area contributed by atoms with E-state index >= 15 is 0 Å². The molecule has 1 aliphatic heterocycles. The van der Waals surface area contributed by atoms with Crippen molar-refractivity contribution in [2.75, 3.05) is 12.3 Å². The zero-order valence-electron chi connectivity index (χ0n) is 16.6. The highest BCUT2D eigenvalue weighted by Gasteiger charge is 2.37. The fraction of sp³-hybridized carbons (Fsp3) is 0.304. The van der Waals surface area contributed by atoms with Gasteiger partial charge >= 0.3 is 5.69 Å². The van der Waals surface area contributed by atoms with Crippen molar-refractivity contribution in [1.29, 1.82) is 0 Å². The van der Waals surface area contributed by atoms with Crippen LogP contribution >= 0.6 is 11.8 Å². The highest BCUT2D eigenvalue weighted by molar-refractivity contribution is 8.00. The Morgan fingerprint density at radius 2 is 1.67 bits per heavy atom. The van der Waals surface area contributed by atoms with Crippen molar-refractivity contribution in [1.82, 2.24) is 9.55 Å². The van der Waals surface area contributed by atoms with E-state index in [1.807, 2.05) is 48.5 Å². The summed E-state index contributed by atoms with van der Waals surface area (Å²) < 4.78 is 13.9. The fourth-order valence-corrected chi connectivity index (χ4v) is 5.02. The predicted octanol–water partition coefficient (Wildman–Crippen LogP) is 3.63. The quantitative estimate of drug-likeness (QED) is 0.596. The first-order valence-electron chi connectivity index (χ1n) is 9.96. The summed E-state index contributed by atoms with van der Waals surface area (Å²) in [6.45, 7) is 1.63. The second kappa shape index (κ2) is 9.93. The first kappa shape index (κ1) is 20.7. The third kappa shape index (κ3) is 5.30.